The monoisotopic (exact) mass is 262 g/mol. The number of rotatable bonds is 8. The van der Waals surface area contributed by atoms with E-state index in [0.29, 0.717) is 6.42 Å². The molecule has 0 bridgehead atoms. The Morgan fingerprint density at radius 2 is 1.79 bits per heavy atom. The van der Waals surface area contributed by atoms with Crippen LogP contribution in [-0.4, -0.2) is 12.9 Å². The number of ether oxygens (including phenoxy) is 1. The Morgan fingerprint density at radius 3 is 2.42 bits per heavy atom. The van der Waals surface area contributed by atoms with Gasteiger partial charge < -0.3 is 4.74 Å². The number of carbonyl (C=O) groups is 1. The van der Waals surface area contributed by atoms with Crippen LogP contribution in [0.3, 0.4) is 0 Å². The molecule has 0 saturated carbocycles. The number of aryl methyl sites for hydroxylation is 2. The maximum atomic E-state index is 12.3. The van der Waals surface area contributed by atoms with Gasteiger partial charge in [-0.3, -0.25) is 4.79 Å². The first-order valence-electron chi connectivity index (χ1n) is 7.28. The van der Waals surface area contributed by atoms with E-state index in [-0.39, 0.29) is 5.78 Å². The predicted molar refractivity (Wildman–Crippen MR) is 80.2 cm³/mol. The Balaban J connectivity index is 2.66. The summed E-state index contributed by atoms with van der Waals surface area (Å²) in [6.45, 7) is 6.21. The van der Waals surface area contributed by atoms with E-state index in [2.05, 4.69) is 6.92 Å². The molecule has 106 valence electrons. The van der Waals surface area contributed by atoms with Gasteiger partial charge in [-0.15, -0.1) is 0 Å². The molecule has 0 aliphatic heterocycles. The Bertz CT molecular complexity index is 422. The van der Waals surface area contributed by atoms with Gasteiger partial charge in [0.2, 0.25) is 0 Å². The average Bonchev–Trinajstić information content (AvgIpc) is 2.37. The molecule has 2 heteroatoms. The van der Waals surface area contributed by atoms with Crippen molar-refractivity contribution in [3.63, 3.8) is 0 Å². The van der Waals surface area contributed by atoms with Crippen LogP contribution in [-0.2, 0) is 0 Å². The lowest BCUT2D eigenvalue weighted by molar-refractivity contribution is 0.0975. The summed E-state index contributed by atoms with van der Waals surface area (Å²) in [4.78, 5) is 12.3. The summed E-state index contributed by atoms with van der Waals surface area (Å²) < 4.78 is 5.35. The molecular formula is C17H26O2. The number of hydrogen-bond acceptors (Lipinski definition) is 2. The number of benzene rings is 1. The number of unbranched alkanes of at least 4 members (excludes halogenated alkanes) is 4. The average molecular weight is 262 g/mol. The van der Waals surface area contributed by atoms with Crippen LogP contribution in [0.5, 0.6) is 5.75 Å². The largest absolute Gasteiger partial charge is 0.496 e. The van der Waals surface area contributed by atoms with Crippen molar-refractivity contribution < 1.29 is 9.53 Å². The van der Waals surface area contributed by atoms with Crippen LogP contribution in [0, 0.1) is 13.8 Å². The van der Waals surface area contributed by atoms with Gasteiger partial charge >= 0.3 is 0 Å². The van der Waals surface area contributed by atoms with Gasteiger partial charge in [0, 0.05) is 6.42 Å². The number of methoxy groups -OCH3 is 1. The van der Waals surface area contributed by atoms with Crippen LogP contribution in [0.15, 0.2) is 12.1 Å². The zero-order valence-corrected chi connectivity index (χ0v) is 12.7. The molecule has 0 amide bonds. The van der Waals surface area contributed by atoms with E-state index in [0.717, 1.165) is 35.3 Å². The van der Waals surface area contributed by atoms with Gasteiger partial charge in [0.15, 0.2) is 5.78 Å². The highest BCUT2D eigenvalue weighted by molar-refractivity contribution is 6.00. The number of hydrogen-bond donors (Lipinski definition) is 0. The van der Waals surface area contributed by atoms with Gasteiger partial charge in [0.1, 0.15) is 5.75 Å². The minimum Gasteiger partial charge on any atom is -0.496 e. The molecule has 0 saturated heterocycles. The quantitative estimate of drug-likeness (QED) is 0.494. The molecule has 0 unspecified atom stereocenters. The lowest BCUT2D eigenvalue weighted by atomic mass is 9.97. The molecule has 0 heterocycles. The van der Waals surface area contributed by atoms with Crippen molar-refractivity contribution in [3.05, 3.63) is 28.8 Å². The summed E-state index contributed by atoms with van der Waals surface area (Å²) in [6.07, 6.45) is 6.49. The van der Waals surface area contributed by atoms with Crippen molar-refractivity contribution in [1.82, 2.24) is 0 Å². The van der Waals surface area contributed by atoms with Gasteiger partial charge in [-0.1, -0.05) is 38.7 Å². The molecule has 2 nitrogen and oxygen atoms in total. The van der Waals surface area contributed by atoms with E-state index in [4.69, 9.17) is 4.74 Å². The number of carbonyl (C=O) groups excluding carboxylic acids is 1. The standard InChI is InChI=1S/C17H26O2/c1-5-6-7-8-9-10-15(18)17-14(3)11-13(2)12-16(17)19-4/h11-12H,5-10H2,1-4H3. The lowest BCUT2D eigenvalue weighted by Crippen LogP contribution is -2.05. The van der Waals surface area contributed by atoms with Gasteiger partial charge in [-0.2, -0.15) is 0 Å². The fourth-order valence-electron chi connectivity index (χ4n) is 2.46. The molecule has 0 aliphatic rings. The normalized spacial score (nSPS) is 10.5. The zero-order valence-electron chi connectivity index (χ0n) is 12.7. The Morgan fingerprint density at radius 1 is 1.11 bits per heavy atom. The molecule has 19 heavy (non-hydrogen) atoms. The SMILES string of the molecule is CCCCCCCC(=O)c1c(C)cc(C)cc1OC. The van der Waals surface area contributed by atoms with E-state index in [1.54, 1.807) is 7.11 Å². The van der Waals surface area contributed by atoms with E-state index < -0.39 is 0 Å². The Hall–Kier alpha value is -1.31. The maximum Gasteiger partial charge on any atom is 0.166 e. The van der Waals surface area contributed by atoms with Crippen LogP contribution in [0.4, 0.5) is 0 Å². The molecule has 0 aliphatic carbocycles. The second-order valence-electron chi connectivity index (χ2n) is 5.25. The van der Waals surface area contributed by atoms with Crippen LogP contribution in [0.25, 0.3) is 0 Å². The van der Waals surface area contributed by atoms with Crippen LogP contribution in [0.1, 0.15) is 66.9 Å². The molecule has 1 aromatic carbocycles. The number of Topliss-reactive ketones (excluding diaryl/α,β-unsaturated/α-hetero) is 1. The van der Waals surface area contributed by atoms with Crippen molar-refractivity contribution in [1.29, 1.82) is 0 Å². The van der Waals surface area contributed by atoms with E-state index >= 15 is 0 Å². The van der Waals surface area contributed by atoms with Crippen LogP contribution >= 0.6 is 0 Å². The molecule has 0 fully saturated rings. The van der Waals surface area contributed by atoms with Crippen molar-refractivity contribution >= 4 is 5.78 Å². The molecule has 0 aromatic heterocycles. The second-order valence-corrected chi connectivity index (χ2v) is 5.25. The van der Waals surface area contributed by atoms with Gasteiger partial charge in [-0.05, 0) is 37.5 Å². The fourth-order valence-corrected chi connectivity index (χ4v) is 2.46. The second kappa shape index (κ2) is 7.98. The Kier molecular flexibility index (Phi) is 6.61. The maximum absolute atomic E-state index is 12.3. The third kappa shape index (κ3) is 4.70. The summed E-state index contributed by atoms with van der Waals surface area (Å²) in [7, 11) is 1.63. The van der Waals surface area contributed by atoms with E-state index in [1.807, 2.05) is 26.0 Å². The molecule has 0 N–H and O–H groups in total. The Labute approximate surface area is 117 Å². The molecule has 0 spiro atoms. The zero-order chi connectivity index (χ0) is 14.3. The summed E-state index contributed by atoms with van der Waals surface area (Å²) in [5, 5.41) is 0. The third-order valence-corrected chi connectivity index (χ3v) is 3.45. The third-order valence-electron chi connectivity index (χ3n) is 3.45. The van der Waals surface area contributed by atoms with Crippen LogP contribution < -0.4 is 4.74 Å². The molecule has 0 atom stereocenters. The van der Waals surface area contributed by atoms with Crippen molar-refractivity contribution in [2.24, 2.45) is 0 Å². The predicted octanol–water partition coefficient (Wildman–Crippen LogP) is 4.86. The van der Waals surface area contributed by atoms with Crippen molar-refractivity contribution in [2.75, 3.05) is 7.11 Å². The molecule has 0 radical (unpaired) electrons. The topological polar surface area (TPSA) is 26.3 Å². The fraction of sp³-hybridized carbons (Fsp3) is 0.588. The van der Waals surface area contributed by atoms with Gasteiger partial charge in [0.05, 0.1) is 12.7 Å². The highest BCUT2D eigenvalue weighted by Gasteiger charge is 2.15. The first kappa shape index (κ1) is 15.7. The highest BCUT2D eigenvalue weighted by atomic mass is 16.5. The van der Waals surface area contributed by atoms with E-state index in [9.17, 15) is 4.79 Å². The smallest absolute Gasteiger partial charge is 0.166 e. The highest BCUT2D eigenvalue weighted by Crippen LogP contribution is 2.26. The summed E-state index contributed by atoms with van der Waals surface area (Å²) in [5.41, 5.74) is 2.92. The first-order chi connectivity index (χ1) is 9.10. The lowest BCUT2D eigenvalue weighted by Gasteiger charge is -2.12. The minimum atomic E-state index is 0.214. The molecule has 1 aromatic rings. The van der Waals surface area contributed by atoms with Crippen molar-refractivity contribution in [2.45, 2.75) is 59.3 Å². The summed E-state index contributed by atoms with van der Waals surface area (Å²) in [6, 6.07) is 3.99. The first-order valence-corrected chi connectivity index (χ1v) is 7.28. The van der Waals surface area contributed by atoms with Gasteiger partial charge in [-0.25, -0.2) is 0 Å². The van der Waals surface area contributed by atoms with Gasteiger partial charge in [0.25, 0.3) is 0 Å². The van der Waals surface area contributed by atoms with E-state index in [1.165, 1.54) is 19.3 Å². The molecule has 1 rings (SSSR count). The number of ketones is 1. The van der Waals surface area contributed by atoms with Crippen molar-refractivity contribution in [3.8, 4) is 5.75 Å². The summed E-state index contributed by atoms with van der Waals surface area (Å²) >= 11 is 0. The minimum absolute atomic E-state index is 0.214. The summed E-state index contributed by atoms with van der Waals surface area (Å²) in [5.74, 6) is 0.932. The van der Waals surface area contributed by atoms with Crippen LogP contribution in [0.2, 0.25) is 0 Å². The molecular weight excluding hydrogens is 236 g/mol.